The predicted molar refractivity (Wildman–Crippen MR) is 71.9 cm³/mol. The van der Waals surface area contributed by atoms with E-state index in [-0.39, 0.29) is 0 Å². The van der Waals surface area contributed by atoms with Crippen molar-refractivity contribution in [1.29, 1.82) is 0 Å². The van der Waals surface area contributed by atoms with Crippen LogP contribution in [0, 0.1) is 0 Å². The third-order valence-corrected chi connectivity index (χ3v) is 4.00. The fraction of sp³-hybridized carbons (Fsp3) is 1.00. The molecule has 2 heteroatoms. The molecule has 1 rings (SSSR count). The smallest absolute Gasteiger partial charge is 0.0191 e. The van der Waals surface area contributed by atoms with Crippen LogP contribution in [0.25, 0.3) is 0 Å². The summed E-state index contributed by atoms with van der Waals surface area (Å²) in [6.45, 7) is 3.49. The number of likely N-dealkylation sites (N-methyl/N-ethyl adjacent to an activating group) is 2. The Bertz CT molecular complexity index is 162. The third-order valence-electron chi connectivity index (χ3n) is 4.00. The average Bonchev–Trinajstić information content (AvgIpc) is 2.56. The largest absolute Gasteiger partial charge is 0.316 e. The number of nitrogens with zero attached hydrogens (tertiary/aromatic N) is 1. The molecule has 1 fully saturated rings. The molecule has 2 nitrogen and oxygen atoms in total. The molecule has 1 unspecified atom stereocenters. The molecule has 1 aliphatic carbocycles. The zero-order valence-corrected chi connectivity index (χ0v) is 11.5. The van der Waals surface area contributed by atoms with Crippen LogP contribution in [0.15, 0.2) is 0 Å². The Hall–Kier alpha value is -0.0800. The van der Waals surface area contributed by atoms with E-state index >= 15 is 0 Å². The summed E-state index contributed by atoms with van der Waals surface area (Å²) in [6, 6.07) is 1.52. The Morgan fingerprint density at radius 3 is 2.31 bits per heavy atom. The van der Waals surface area contributed by atoms with Gasteiger partial charge in [0.1, 0.15) is 0 Å². The second-order valence-corrected chi connectivity index (χ2v) is 5.36. The van der Waals surface area contributed by atoms with Crippen molar-refractivity contribution in [3.05, 3.63) is 0 Å². The van der Waals surface area contributed by atoms with Gasteiger partial charge in [-0.2, -0.15) is 0 Å². The summed E-state index contributed by atoms with van der Waals surface area (Å²) in [5.41, 5.74) is 0. The molecule has 0 heterocycles. The van der Waals surface area contributed by atoms with Gasteiger partial charge in [-0.3, -0.25) is 0 Å². The first kappa shape index (κ1) is 14.0. The van der Waals surface area contributed by atoms with Gasteiger partial charge in [-0.25, -0.2) is 0 Å². The van der Waals surface area contributed by atoms with Gasteiger partial charge in [0, 0.05) is 18.6 Å². The Morgan fingerprint density at radius 1 is 1.19 bits per heavy atom. The summed E-state index contributed by atoms with van der Waals surface area (Å²) in [5, 5.41) is 3.45. The van der Waals surface area contributed by atoms with Crippen LogP contribution in [-0.2, 0) is 0 Å². The van der Waals surface area contributed by atoms with Gasteiger partial charge in [-0.15, -0.1) is 0 Å². The highest BCUT2D eigenvalue weighted by molar-refractivity contribution is 4.76. The molecule has 1 saturated carbocycles. The highest BCUT2D eigenvalue weighted by atomic mass is 15.1. The normalized spacial score (nSPS) is 21.0. The van der Waals surface area contributed by atoms with E-state index in [0.717, 1.165) is 6.04 Å². The number of hydrogen-bond acceptors (Lipinski definition) is 2. The van der Waals surface area contributed by atoms with E-state index in [0.29, 0.717) is 6.04 Å². The van der Waals surface area contributed by atoms with Crippen molar-refractivity contribution in [3.8, 4) is 0 Å². The topological polar surface area (TPSA) is 15.3 Å². The lowest BCUT2D eigenvalue weighted by molar-refractivity contribution is 0.197. The Labute approximate surface area is 102 Å². The van der Waals surface area contributed by atoms with E-state index in [1.165, 1.54) is 57.9 Å². The SMILES string of the molecule is CCCC(CN(C)C1CCCCCC1)NC. The van der Waals surface area contributed by atoms with Crippen molar-refractivity contribution in [1.82, 2.24) is 10.2 Å². The molecule has 96 valence electrons. The first-order valence-corrected chi connectivity index (χ1v) is 7.15. The molecule has 0 saturated heterocycles. The summed E-state index contributed by atoms with van der Waals surface area (Å²) in [4.78, 5) is 2.60. The zero-order valence-electron chi connectivity index (χ0n) is 11.5. The van der Waals surface area contributed by atoms with Gasteiger partial charge in [0.2, 0.25) is 0 Å². The lowest BCUT2D eigenvalue weighted by Gasteiger charge is -2.30. The first-order chi connectivity index (χ1) is 7.77. The van der Waals surface area contributed by atoms with Crippen LogP contribution in [0.4, 0.5) is 0 Å². The van der Waals surface area contributed by atoms with Gasteiger partial charge in [0.25, 0.3) is 0 Å². The van der Waals surface area contributed by atoms with Gasteiger partial charge in [0.15, 0.2) is 0 Å². The monoisotopic (exact) mass is 226 g/mol. The fourth-order valence-corrected chi connectivity index (χ4v) is 2.87. The summed E-state index contributed by atoms with van der Waals surface area (Å²) < 4.78 is 0. The molecular formula is C14H30N2. The minimum atomic E-state index is 0.679. The van der Waals surface area contributed by atoms with E-state index in [9.17, 15) is 0 Å². The van der Waals surface area contributed by atoms with Crippen LogP contribution < -0.4 is 5.32 Å². The lowest BCUT2D eigenvalue weighted by atomic mass is 10.1. The molecule has 1 N–H and O–H groups in total. The summed E-state index contributed by atoms with van der Waals surface area (Å²) >= 11 is 0. The molecule has 16 heavy (non-hydrogen) atoms. The summed E-state index contributed by atoms with van der Waals surface area (Å²) in [7, 11) is 4.41. The maximum atomic E-state index is 3.45. The van der Waals surface area contributed by atoms with Crippen LogP contribution in [0.5, 0.6) is 0 Å². The summed E-state index contributed by atoms with van der Waals surface area (Å²) in [6.07, 6.45) is 11.2. The van der Waals surface area contributed by atoms with Crippen LogP contribution in [0.1, 0.15) is 58.3 Å². The van der Waals surface area contributed by atoms with E-state index in [2.05, 4.69) is 31.2 Å². The van der Waals surface area contributed by atoms with Gasteiger partial charge >= 0.3 is 0 Å². The number of rotatable bonds is 6. The molecule has 0 bridgehead atoms. The standard InChI is InChI=1S/C14H30N2/c1-4-9-13(15-2)12-16(3)14-10-7-5-6-8-11-14/h13-15H,4-12H2,1-3H3. The van der Waals surface area contributed by atoms with Crippen molar-refractivity contribution in [2.24, 2.45) is 0 Å². The van der Waals surface area contributed by atoms with Crippen molar-refractivity contribution < 1.29 is 0 Å². The molecule has 0 spiro atoms. The Balaban J connectivity index is 2.33. The molecule has 1 atom stereocenters. The average molecular weight is 226 g/mol. The summed E-state index contributed by atoms with van der Waals surface area (Å²) in [5.74, 6) is 0. The number of nitrogens with one attached hydrogen (secondary N) is 1. The lowest BCUT2D eigenvalue weighted by Crippen LogP contribution is -2.42. The Kier molecular flexibility index (Phi) is 7.06. The Morgan fingerprint density at radius 2 is 1.81 bits per heavy atom. The predicted octanol–water partition coefficient (Wildman–Crippen LogP) is 3.03. The maximum Gasteiger partial charge on any atom is 0.0191 e. The van der Waals surface area contributed by atoms with Crippen molar-refractivity contribution in [3.63, 3.8) is 0 Å². The first-order valence-electron chi connectivity index (χ1n) is 7.15. The van der Waals surface area contributed by atoms with Crippen molar-refractivity contribution >= 4 is 0 Å². The van der Waals surface area contributed by atoms with Gasteiger partial charge in [-0.1, -0.05) is 39.0 Å². The van der Waals surface area contributed by atoms with Crippen LogP contribution in [0.3, 0.4) is 0 Å². The second-order valence-electron chi connectivity index (χ2n) is 5.36. The zero-order chi connectivity index (χ0) is 11.8. The molecule has 0 aromatic rings. The van der Waals surface area contributed by atoms with Crippen molar-refractivity contribution in [2.75, 3.05) is 20.6 Å². The molecule has 0 aliphatic heterocycles. The minimum Gasteiger partial charge on any atom is -0.316 e. The van der Waals surface area contributed by atoms with E-state index in [4.69, 9.17) is 0 Å². The van der Waals surface area contributed by atoms with Crippen LogP contribution >= 0.6 is 0 Å². The van der Waals surface area contributed by atoms with E-state index < -0.39 is 0 Å². The fourth-order valence-electron chi connectivity index (χ4n) is 2.87. The van der Waals surface area contributed by atoms with Gasteiger partial charge < -0.3 is 10.2 Å². The van der Waals surface area contributed by atoms with Gasteiger partial charge in [0.05, 0.1) is 0 Å². The molecule has 0 radical (unpaired) electrons. The molecule has 0 amide bonds. The third kappa shape index (κ3) is 4.84. The molecule has 0 aromatic carbocycles. The van der Waals surface area contributed by atoms with Crippen molar-refractivity contribution in [2.45, 2.75) is 70.4 Å². The quantitative estimate of drug-likeness (QED) is 0.700. The second kappa shape index (κ2) is 8.08. The minimum absolute atomic E-state index is 0.679. The molecular weight excluding hydrogens is 196 g/mol. The van der Waals surface area contributed by atoms with Crippen LogP contribution in [0.2, 0.25) is 0 Å². The number of hydrogen-bond donors (Lipinski definition) is 1. The van der Waals surface area contributed by atoms with Gasteiger partial charge in [-0.05, 0) is 33.4 Å². The molecule has 0 aromatic heterocycles. The highest BCUT2D eigenvalue weighted by Gasteiger charge is 2.18. The molecule has 1 aliphatic rings. The maximum absolute atomic E-state index is 3.45. The highest BCUT2D eigenvalue weighted by Crippen LogP contribution is 2.21. The van der Waals surface area contributed by atoms with Crippen LogP contribution in [-0.4, -0.2) is 37.6 Å². The van der Waals surface area contributed by atoms with E-state index in [1.54, 1.807) is 0 Å². The van der Waals surface area contributed by atoms with E-state index in [1.807, 2.05) is 0 Å².